The van der Waals surface area contributed by atoms with E-state index in [0.29, 0.717) is 6.61 Å². The van der Waals surface area contributed by atoms with E-state index in [0.717, 1.165) is 17.0 Å². The lowest BCUT2D eigenvalue weighted by Crippen LogP contribution is -2.32. The first kappa shape index (κ1) is 17.4. The van der Waals surface area contributed by atoms with Gasteiger partial charge in [-0.1, -0.05) is 0 Å². The number of hydrogen-bond acceptors (Lipinski definition) is 5. The van der Waals surface area contributed by atoms with Gasteiger partial charge in [-0.15, -0.1) is 11.3 Å². The minimum absolute atomic E-state index is 0.0929. The zero-order valence-electron chi connectivity index (χ0n) is 11.2. The average Bonchev–Trinajstić information content (AvgIpc) is 2.75. The number of aryl methyl sites for hydroxylation is 1. The van der Waals surface area contributed by atoms with Gasteiger partial charge >= 0.3 is 6.18 Å². The molecular formula is C12H19F3N2O2S. The molecule has 1 unspecified atom stereocenters. The van der Waals surface area contributed by atoms with Crippen molar-refractivity contribution in [2.75, 3.05) is 26.3 Å². The molecule has 0 aliphatic heterocycles. The van der Waals surface area contributed by atoms with Crippen molar-refractivity contribution in [3.05, 3.63) is 16.1 Å². The Labute approximate surface area is 120 Å². The molecule has 2 N–H and O–H groups in total. The summed E-state index contributed by atoms with van der Waals surface area (Å²) in [6.07, 6.45) is -5.14. The molecule has 0 radical (unpaired) electrons. The number of aromatic nitrogens is 1. The van der Waals surface area contributed by atoms with Crippen LogP contribution in [-0.4, -0.2) is 48.7 Å². The van der Waals surface area contributed by atoms with E-state index in [9.17, 15) is 18.3 Å². The number of rotatable bonds is 9. The van der Waals surface area contributed by atoms with E-state index in [4.69, 9.17) is 4.74 Å². The Morgan fingerprint density at radius 3 is 2.85 bits per heavy atom. The van der Waals surface area contributed by atoms with Crippen molar-refractivity contribution in [2.45, 2.75) is 32.0 Å². The highest BCUT2D eigenvalue weighted by atomic mass is 32.1. The average molecular weight is 312 g/mol. The van der Waals surface area contributed by atoms with Gasteiger partial charge < -0.3 is 15.2 Å². The molecule has 0 fully saturated rings. The molecule has 1 aromatic heterocycles. The van der Waals surface area contributed by atoms with Gasteiger partial charge in [-0.25, -0.2) is 4.98 Å². The Morgan fingerprint density at radius 1 is 1.50 bits per heavy atom. The van der Waals surface area contributed by atoms with E-state index >= 15 is 0 Å². The lowest BCUT2D eigenvalue weighted by Gasteiger charge is -2.13. The van der Waals surface area contributed by atoms with Gasteiger partial charge in [0.2, 0.25) is 0 Å². The number of thiazole rings is 1. The molecule has 0 saturated heterocycles. The van der Waals surface area contributed by atoms with Gasteiger partial charge in [0.05, 0.1) is 36.9 Å². The fourth-order valence-corrected chi connectivity index (χ4v) is 2.27. The highest BCUT2D eigenvalue weighted by Crippen LogP contribution is 2.18. The fourth-order valence-electron chi connectivity index (χ4n) is 1.51. The van der Waals surface area contributed by atoms with Gasteiger partial charge in [0.15, 0.2) is 0 Å². The molecule has 0 spiro atoms. The summed E-state index contributed by atoms with van der Waals surface area (Å²) in [7, 11) is 0. The van der Waals surface area contributed by atoms with Crippen LogP contribution in [0.3, 0.4) is 0 Å². The molecular weight excluding hydrogens is 293 g/mol. The van der Waals surface area contributed by atoms with Gasteiger partial charge in [-0.2, -0.15) is 13.2 Å². The van der Waals surface area contributed by atoms with Crippen LogP contribution in [0.5, 0.6) is 0 Å². The van der Waals surface area contributed by atoms with Crippen molar-refractivity contribution >= 4 is 11.3 Å². The summed E-state index contributed by atoms with van der Waals surface area (Å²) in [4.78, 5) is 5.25. The molecule has 0 aliphatic carbocycles. The third kappa shape index (κ3) is 7.78. The van der Waals surface area contributed by atoms with Gasteiger partial charge in [-0.05, 0) is 6.92 Å². The van der Waals surface area contributed by atoms with Crippen molar-refractivity contribution in [3.63, 3.8) is 0 Å². The second-order valence-corrected chi connectivity index (χ2v) is 5.35. The summed E-state index contributed by atoms with van der Waals surface area (Å²) >= 11 is 1.56. The second-order valence-electron chi connectivity index (χ2n) is 4.41. The van der Waals surface area contributed by atoms with Crippen LogP contribution in [0.25, 0.3) is 0 Å². The lowest BCUT2D eigenvalue weighted by atomic mass is 10.3. The van der Waals surface area contributed by atoms with E-state index in [-0.39, 0.29) is 19.7 Å². The Morgan fingerprint density at radius 2 is 2.25 bits per heavy atom. The second kappa shape index (κ2) is 8.56. The summed E-state index contributed by atoms with van der Waals surface area (Å²) in [6.45, 7) is 2.39. The molecule has 8 heteroatoms. The summed E-state index contributed by atoms with van der Waals surface area (Å²) in [5.74, 6) is 0. The van der Waals surface area contributed by atoms with Gasteiger partial charge in [0.1, 0.15) is 0 Å². The van der Waals surface area contributed by atoms with Crippen molar-refractivity contribution < 1.29 is 23.0 Å². The van der Waals surface area contributed by atoms with Crippen LogP contribution in [0.4, 0.5) is 13.2 Å². The summed E-state index contributed by atoms with van der Waals surface area (Å²) in [6, 6.07) is 0. The van der Waals surface area contributed by atoms with Crippen LogP contribution in [-0.2, 0) is 11.2 Å². The molecule has 20 heavy (non-hydrogen) atoms. The van der Waals surface area contributed by atoms with Gasteiger partial charge in [0, 0.05) is 24.4 Å². The molecule has 116 valence electrons. The number of halogens is 3. The minimum Gasteiger partial charge on any atom is -0.389 e. The first-order valence-electron chi connectivity index (χ1n) is 6.30. The summed E-state index contributed by atoms with van der Waals surface area (Å²) < 4.78 is 40.9. The van der Waals surface area contributed by atoms with E-state index in [1.54, 1.807) is 16.8 Å². The third-order valence-electron chi connectivity index (χ3n) is 2.59. The Hall–Kier alpha value is -0.700. The van der Waals surface area contributed by atoms with Crippen molar-refractivity contribution in [2.24, 2.45) is 0 Å². The summed E-state index contributed by atoms with van der Waals surface area (Å²) in [5, 5.41) is 12.1. The van der Waals surface area contributed by atoms with Crippen LogP contribution < -0.4 is 5.32 Å². The number of alkyl halides is 3. The molecule has 0 aromatic carbocycles. The van der Waals surface area contributed by atoms with Crippen LogP contribution in [0, 0.1) is 6.92 Å². The van der Waals surface area contributed by atoms with E-state index in [1.807, 2.05) is 6.92 Å². The molecule has 1 rings (SSSR count). The maximum atomic E-state index is 11.9. The van der Waals surface area contributed by atoms with Gasteiger partial charge in [0.25, 0.3) is 0 Å². The Bertz CT molecular complexity index is 385. The standard InChI is InChI=1S/C12H19F3N2O2S/c1-9-11(20-8-17-9)2-5-19-7-10(18)6-16-4-3-12(13,14)15/h8,10,16,18H,2-7H2,1H3. The van der Waals surface area contributed by atoms with Crippen molar-refractivity contribution in [1.29, 1.82) is 0 Å². The molecule has 1 atom stereocenters. The van der Waals surface area contributed by atoms with E-state index < -0.39 is 18.7 Å². The topological polar surface area (TPSA) is 54.4 Å². The lowest BCUT2D eigenvalue weighted by molar-refractivity contribution is -0.133. The quantitative estimate of drug-likeness (QED) is 0.684. The Balaban J connectivity index is 2.00. The highest BCUT2D eigenvalue weighted by Gasteiger charge is 2.26. The molecule has 0 amide bonds. The first-order valence-corrected chi connectivity index (χ1v) is 7.18. The number of nitrogens with zero attached hydrogens (tertiary/aromatic N) is 1. The zero-order valence-corrected chi connectivity index (χ0v) is 12.1. The van der Waals surface area contributed by atoms with E-state index in [2.05, 4.69) is 10.3 Å². The van der Waals surface area contributed by atoms with Crippen LogP contribution in [0.15, 0.2) is 5.51 Å². The van der Waals surface area contributed by atoms with Crippen LogP contribution >= 0.6 is 11.3 Å². The zero-order chi connectivity index (χ0) is 15.0. The van der Waals surface area contributed by atoms with Crippen molar-refractivity contribution in [3.8, 4) is 0 Å². The SMILES string of the molecule is Cc1ncsc1CCOCC(O)CNCCC(F)(F)F. The first-order chi connectivity index (χ1) is 9.38. The minimum atomic E-state index is -4.17. The molecule has 0 aliphatic rings. The highest BCUT2D eigenvalue weighted by molar-refractivity contribution is 7.09. The van der Waals surface area contributed by atoms with Crippen molar-refractivity contribution in [1.82, 2.24) is 10.3 Å². The monoisotopic (exact) mass is 312 g/mol. The maximum Gasteiger partial charge on any atom is 0.390 e. The molecule has 1 aromatic rings. The van der Waals surface area contributed by atoms with Gasteiger partial charge in [-0.3, -0.25) is 0 Å². The molecule has 1 heterocycles. The Kier molecular flexibility index (Phi) is 7.42. The summed E-state index contributed by atoms with van der Waals surface area (Å²) in [5.41, 5.74) is 2.75. The van der Waals surface area contributed by atoms with Crippen LogP contribution in [0.2, 0.25) is 0 Å². The smallest absolute Gasteiger partial charge is 0.389 e. The predicted molar refractivity (Wildman–Crippen MR) is 70.9 cm³/mol. The third-order valence-corrected chi connectivity index (χ3v) is 3.59. The van der Waals surface area contributed by atoms with Crippen LogP contribution in [0.1, 0.15) is 17.0 Å². The molecule has 0 saturated carbocycles. The maximum absolute atomic E-state index is 11.9. The number of aliphatic hydroxyl groups excluding tert-OH is 1. The number of hydrogen-bond donors (Lipinski definition) is 2. The fraction of sp³-hybridized carbons (Fsp3) is 0.750. The number of nitrogens with one attached hydrogen (secondary N) is 1. The normalized spacial score (nSPS) is 13.7. The number of ether oxygens (including phenoxy) is 1. The molecule has 0 bridgehead atoms. The molecule has 4 nitrogen and oxygen atoms in total. The largest absolute Gasteiger partial charge is 0.390 e. The van der Waals surface area contributed by atoms with E-state index in [1.165, 1.54) is 0 Å². The number of aliphatic hydroxyl groups is 1. The predicted octanol–water partition coefficient (Wildman–Crippen LogP) is 1.91.